The van der Waals surface area contributed by atoms with E-state index in [1.807, 2.05) is 69.4 Å². The van der Waals surface area contributed by atoms with Crippen LogP contribution in [0, 0.1) is 6.92 Å². The molecule has 0 aliphatic carbocycles. The van der Waals surface area contributed by atoms with Crippen LogP contribution in [0.15, 0.2) is 48.7 Å². The number of urea groups is 2. The quantitative estimate of drug-likeness (QED) is 0.209. The van der Waals surface area contributed by atoms with Crippen molar-refractivity contribution in [1.29, 1.82) is 0 Å². The van der Waals surface area contributed by atoms with E-state index >= 15 is 0 Å². The highest BCUT2D eigenvalue weighted by Crippen LogP contribution is 2.36. The summed E-state index contributed by atoms with van der Waals surface area (Å²) in [6.45, 7) is 3.12. The minimum Gasteiger partial charge on any atom is -0.376 e. The van der Waals surface area contributed by atoms with Crippen LogP contribution in [0.3, 0.4) is 0 Å². The predicted octanol–water partition coefficient (Wildman–Crippen LogP) is 2.79. The van der Waals surface area contributed by atoms with E-state index in [0.29, 0.717) is 36.5 Å². The number of carbonyl (C=O) groups excluding carboxylic acids is 4. The van der Waals surface area contributed by atoms with Crippen LogP contribution in [0.2, 0.25) is 0 Å². The minimum atomic E-state index is -0.631. The Hall–Kier alpha value is -5.02. The van der Waals surface area contributed by atoms with Crippen LogP contribution >= 0.6 is 12.2 Å². The third kappa shape index (κ3) is 6.69. The van der Waals surface area contributed by atoms with Gasteiger partial charge in [0, 0.05) is 64.8 Å². The van der Waals surface area contributed by atoms with E-state index in [-0.39, 0.29) is 43.1 Å². The number of likely N-dealkylation sites (N-methyl/N-ethyl adjacent to an activating group) is 1. The molecule has 4 heterocycles. The van der Waals surface area contributed by atoms with Crippen molar-refractivity contribution in [2.45, 2.75) is 51.0 Å². The fourth-order valence-electron chi connectivity index (χ4n) is 6.28. The molecule has 14 nitrogen and oxygen atoms in total. The zero-order valence-electron chi connectivity index (χ0n) is 27.3. The summed E-state index contributed by atoms with van der Waals surface area (Å²) >= 11 is 5.67. The Morgan fingerprint density at radius 2 is 1.94 bits per heavy atom. The van der Waals surface area contributed by atoms with Gasteiger partial charge in [0.2, 0.25) is 0 Å². The number of para-hydroxylation sites is 2. The predicted molar refractivity (Wildman–Crippen MR) is 183 cm³/mol. The summed E-state index contributed by atoms with van der Waals surface area (Å²) in [7, 11) is 5.55. The number of carbonyl (C=O) groups is 4. The Morgan fingerprint density at radius 1 is 1.15 bits per heavy atom. The van der Waals surface area contributed by atoms with Crippen LogP contribution in [0.1, 0.15) is 39.9 Å². The SMILES string of the molecule is Cc1cc(C(=O)N2Cc3cnn(C)c3Nc3ccccc32)ccc1CNC(=O)N1C[C@H](OCCC2NC(=O)NC2=O)C[C@H]1C(=S)N(C)C. The Morgan fingerprint density at radius 3 is 2.67 bits per heavy atom. The lowest BCUT2D eigenvalue weighted by atomic mass is 10.0. The normalized spacial score (nSPS) is 19.9. The first kappa shape index (κ1) is 32.9. The number of likely N-dealkylation sites (tertiary alicyclic amines) is 1. The number of aromatic nitrogens is 2. The third-order valence-corrected chi connectivity index (χ3v) is 9.56. The molecule has 0 bridgehead atoms. The van der Waals surface area contributed by atoms with Crippen LogP contribution < -0.4 is 26.2 Å². The second-order valence-electron chi connectivity index (χ2n) is 12.4. The molecule has 1 unspecified atom stereocenters. The van der Waals surface area contributed by atoms with Gasteiger partial charge in [-0.05, 0) is 42.3 Å². The molecule has 0 spiro atoms. The number of nitrogens with zero attached hydrogens (tertiary/aromatic N) is 5. The topological polar surface area (TPSA) is 153 Å². The maximum absolute atomic E-state index is 13.9. The smallest absolute Gasteiger partial charge is 0.322 e. The average Bonchev–Trinajstić information content (AvgIpc) is 3.71. The van der Waals surface area contributed by atoms with Gasteiger partial charge in [-0.1, -0.05) is 30.4 Å². The van der Waals surface area contributed by atoms with Gasteiger partial charge in [0.25, 0.3) is 11.8 Å². The van der Waals surface area contributed by atoms with Gasteiger partial charge in [0.15, 0.2) is 0 Å². The molecular formula is C33H39N9O5S. The summed E-state index contributed by atoms with van der Waals surface area (Å²) in [5.41, 5.74) is 4.80. The number of hydrogen-bond donors (Lipinski definition) is 4. The van der Waals surface area contributed by atoms with Crippen LogP contribution in [0.25, 0.3) is 0 Å². The van der Waals surface area contributed by atoms with Gasteiger partial charge in [-0.25, -0.2) is 9.59 Å². The first-order valence-electron chi connectivity index (χ1n) is 15.8. The number of benzene rings is 2. The van der Waals surface area contributed by atoms with E-state index in [4.69, 9.17) is 17.0 Å². The molecule has 252 valence electrons. The Labute approximate surface area is 283 Å². The van der Waals surface area contributed by atoms with Crippen molar-refractivity contribution in [1.82, 2.24) is 35.5 Å². The molecule has 1 aromatic heterocycles. The number of rotatable bonds is 8. The van der Waals surface area contributed by atoms with Gasteiger partial charge >= 0.3 is 12.1 Å². The third-order valence-electron chi connectivity index (χ3n) is 8.92. The second-order valence-corrected chi connectivity index (χ2v) is 12.8. The molecule has 3 atom stereocenters. The van der Waals surface area contributed by atoms with E-state index in [0.717, 1.165) is 33.9 Å². The van der Waals surface area contributed by atoms with Crippen LogP contribution in [0.5, 0.6) is 0 Å². The summed E-state index contributed by atoms with van der Waals surface area (Å²) < 4.78 is 7.79. The van der Waals surface area contributed by atoms with E-state index in [9.17, 15) is 19.2 Å². The first-order valence-corrected chi connectivity index (χ1v) is 16.2. The number of anilines is 3. The highest BCUT2D eigenvalue weighted by Gasteiger charge is 2.39. The number of amides is 6. The van der Waals surface area contributed by atoms with Gasteiger partial charge in [-0.2, -0.15) is 5.10 Å². The molecule has 4 N–H and O–H groups in total. The van der Waals surface area contributed by atoms with Gasteiger partial charge < -0.3 is 35.4 Å². The van der Waals surface area contributed by atoms with Crippen molar-refractivity contribution < 1.29 is 23.9 Å². The molecule has 3 aliphatic heterocycles. The molecule has 2 fully saturated rings. The van der Waals surface area contributed by atoms with Crippen molar-refractivity contribution in [2.75, 3.05) is 37.5 Å². The number of hydrogen-bond acceptors (Lipinski definition) is 8. The van der Waals surface area contributed by atoms with Crippen molar-refractivity contribution in [2.24, 2.45) is 7.05 Å². The Balaban J connectivity index is 1.10. The lowest BCUT2D eigenvalue weighted by Crippen LogP contribution is -2.48. The number of imide groups is 1. The number of aryl methyl sites for hydroxylation is 2. The molecule has 2 aromatic carbocycles. The van der Waals surface area contributed by atoms with E-state index < -0.39 is 12.1 Å². The van der Waals surface area contributed by atoms with Crippen molar-refractivity contribution >= 4 is 58.3 Å². The van der Waals surface area contributed by atoms with Crippen LogP contribution in [-0.4, -0.2) is 93.9 Å². The summed E-state index contributed by atoms with van der Waals surface area (Å²) in [5, 5.41) is 15.6. The lowest BCUT2D eigenvalue weighted by Gasteiger charge is -2.28. The van der Waals surface area contributed by atoms with Gasteiger partial charge in [-0.15, -0.1) is 0 Å². The number of nitrogens with one attached hydrogen (secondary N) is 4. The molecule has 6 amide bonds. The number of ether oxygens (including phenoxy) is 1. The van der Waals surface area contributed by atoms with Crippen LogP contribution in [-0.2, 0) is 29.7 Å². The zero-order chi connectivity index (χ0) is 34.1. The summed E-state index contributed by atoms with van der Waals surface area (Å²) in [6, 6.07) is 11.4. The van der Waals surface area contributed by atoms with Gasteiger partial charge in [0.1, 0.15) is 16.8 Å². The molecular weight excluding hydrogens is 634 g/mol. The van der Waals surface area contributed by atoms with E-state index in [2.05, 4.69) is 26.4 Å². The molecule has 0 saturated carbocycles. The Kier molecular flexibility index (Phi) is 9.33. The maximum Gasteiger partial charge on any atom is 0.322 e. The summed E-state index contributed by atoms with van der Waals surface area (Å²) in [4.78, 5) is 56.6. The minimum absolute atomic E-state index is 0.140. The molecule has 15 heteroatoms. The first-order chi connectivity index (χ1) is 23.0. The number of thiocarbonyl (C=S) groups is 1. The van der Waals surface area contributed by atoms with Crippen molar-refractivity contribution in [3.05, 3.63) is 70.9 Å². The standard InChI is InChI=1S/C33H39N9O5S/c1-19-13-20(30(44)41-17-22-16-35-40(4)28(22)36-24-7-5-6-8-26(24)41)9-10-21(19)15-34-33(46)42-18-23(14-27(42)31(48)39(2)3)47-12-11-25-29(43)38-32(45)37-25/h5-10,13,16,23,25,27,36H,11-12,14-15,17-18H2,1-4H3,(H,34,46)(H2,37,38,43,45)/t23-,25?,27+/m1/s1. The van der Waals surface area contributed by atoms with E-state index in [1.54, 1.807) is 26.7 Å². The van der Waals surface area contributed by atoms with Gasteiger partial charge in [-0.3, -0.25) is 19.6 Å². The maximum atomic E-state index is 13.9. The lowest BCUT2D eigenvalue weighted by molar-refractivity contribution is -0.120. The fraction of sp³-hybridized carbons (Fsp3) is 0.394. The molecule has 0 radical (unpaired) electrons. The highest BCUT2D eigenvalue weighted by molar-refractivity contribution is 7.80. The highest BCUT2D eigenvalue weighted by atomic mass is 32.1. The van der Waals surface area contributed by atoms with Crippen LogP contribution in [0.4, 0.5) is 26.8 Å². The monoisotopic (exact) mass is 673 g/mol. The fourth-order valence-corrected chi connectivity index (χ4v) is 6.51. The number of fused-ring (bicyclic) bond motifs is 2. The second kappa shape index (κ2) is 13.6. The summed E-state index contributed by atoms with van der Waals surface area (Å²) in [6.07, 6.45) is 2.33. The Bertz CT molecular complexity index is 1780. The van der Waals surface area contributed by atoms with Crippen molar-refractivity contribution in [3.8, 4) is 0 Å². The molecule has 48 heavy (non-hydrogen) atoms. The van der Waals surface area contributed by atoms with E-state index in [1.165, 1.54) is 0 Å². The molecule has 6 rings (SSSR count). The molecule has 3 aliphatic rings. The summed E-state index contributed by atoms with van der Waals surface area (Å²) in [5.74, 6) is 0.333. The molecule has 2 saturated heterocycles. The molecule has 3 aromatic rings. The van der Waals surface area contributed by atoms with Gasteiger partial charge in [0.05, 0.1) is 36.3 Å². The zero-order valence-corrected chi connectivity index (χ0v) is 28.1. The largest absolute Gasteiger partial charge is 0.376 e. The van der Waals surface area contributed by atoms with Crippen molar-refractivity contribution in [3.63, 3.8) is 0 Å². The average molecular weight is 674 g/mol.